The monoisotopic (exact) mass is 579 g/mol. The number of hydrogen-bond acceptors (Lipinski definition) is 5. The zero-order chi connectivity index (χ0) is 30.4. The Balaban J connectivity index is 2.11. The highest BCUT2D eigenvalue weighted by atomic mass is 32.2. The van der Waals surface area contributed by atoms with Crippen LogP contribution in [0.2, 0.25) is 0 Å². The molecule has 41 heavy (non-hydrogen) atoms. The van der Waals surface area contributed by atoms with Crippen LogP contribution in [0.1, 0.15) is 43.0 Å². The van der Waals surface area contributed by atoms with Crippen LogP contribution in [0.25, 0.3) is 0 Å². The van der Waals surface area contributed by atoms with E-state index in [0.717, 1.165) is 32.8 Å². The van der Waals surface area contributed by atoms with E-state index < -0.39 is 34.1 Å². The molecule has 0 radical (unpaired) electrons. The van der Waals surface area contributed by atoms with E-state index in [9.17, 15) is 18.0 Å². The molecule has 0 fully saturated rings. The number of ether oxygens (including phenoxy) is 1. The van der Waals surface area contributed by atoms with Gasteiger partial charge in [-0.05, 0) is 69.5 Å². The Morgan fingerprint density at radius 2 is 1.59 bits per heavy atom. The normalized spacial score (nSPS) is 12.4. The van der Waals surface area contributed by atoms with E-state index in [1.165, 1.54) is 4.90 Å². The summed E-state index contributed by atoms with van der Waals surface area (Å²) in [4.78, 5) is 29.5. The molecule has 0 saturated carbocycles. The predicted octanol–water partition coefficient (Wildman–Crippen LogP) is 4.63. The highest BCUT2D eigenvalue weighted by Gasteiger charge is 2.34. The van der Waals surface area contributed by atoms with Crippen LogP contribution in [0.4, 0.5) is 5.69 Å². The van der Waals surface area contributed by atoms with Gasteiger partial charge in [0.2, 0.25) is 21.8 Å². The lowest BCUT2D eigenvalue weighted by Gasteiger charge is -2.35. The van der Waals surface area contributed by atoms with E-state index in [0.29, 0.717) is 11.4 Å². The third-order valence-corrected chi connectivity index (χ3v) is 7.68. The molecular weight excluding hydrogens is 538 g/mol. The van der Waals surface area contributed by atoms with E-state index >= 15 is 0 Å². The summed E-state index contributed by atoms with van der Waals surface area (Å²) in [6, 6.07) is 21.2. The molecule has 0 heterocycles. The maximum atomic E-state index is 14.2. The highest BCUT2D eigenvalue weighted by Crippen LogP contribution is 2.25. The quantitative estimate of drug-likeness (QED) is 0.357. The van der Waals surface area contributed by atoms with Gasteiger partial charge in [0.15, 0.2) is 0 Å². The molecule has 220 valence electrons. The summed E-state index contributed by atoms with van der Waals surface area (Å²) < 4.78 is 32.5. The van der Waals surface area contributed by atoms with Gasteiger partial charge in [0, 0.05) is 18.5 Å². The molecule has 0 unspecified atom stereocenters. The zero-order valence-corrected chi connectivity index (χ0v) is 25.8. The van der Waals surface area contributed by atoms with Crippen molar-refractivity contribution in [1.29, 1.82) is 0 Å². The van der Waals surface area contributed by atoms with Gasteiger partial charge in [-0.3, -0.25) is 13.9 Å². The first-order valence-electron chi connectivity index (χ1n) is 13.5. The molecule has 0 spiro atoms. The average Bonchev–Trinajstić information content (AvgIpc) is 2.88. The summed E-state index contributed by atoms with van der Waals surface area (Å²) in [7, 11) is -2.27. The van der Waals surface area contributed by atoms with Gasteiger partial charge in [-0.25, -0.2) is 8.42 Å². The Bertz CT molecular complexity index is 1470. The lowest BCUT2D eigenvalue weighted by atomic mass is 10.0. The third kappa shape index (κ3) is 9.08. The first-order valence-corrected chi connectivity index (χ1v) is 15.4. The number of benzene rings is 3. The molecular formula is C32H41N3O5S. The molecule has 2 amide bonds. The van der Waals surface area contributed by atoms with Crippen LogP contribution in [0, 0.1) is 13.8 Å². The summed E-state index contributed by atoms with van der Waals surface area (Å²) >= 11 is 0. The van der Waals surface area contributed by atoms with Gasteiger partial charge in [-0.2, -0.15) is 0 Å². The number of carbonyl (C=O) groups is 2. The van der Waals surface area contributed by atoms with E-state index in [1.54, 1.807) is 25.3 Å². The number of methoxy groups -OCH3 is 1. The van der Waals surface area contributed by atoms with Crippen LogP contribution in [0.3, 0.4) is 0 Å². The molecule has 1 atom stereocenters. The second-order valence-corrected chi connectivity index (χ2v) is 13.3. The van der Waals surface area contributed by atoms with Crippen molar-refractivity contribution >= 4 is 27.5 Å². The van der Waals surface area contributed by atoms with E-state index in [1.807, 2.05) is 89.2 Å². The number of hydrogen-bond donors (Lipinski definition) is 1. The second kappa shape index (κ2) is 13.2. The van der Waals surface area contributed by atoms with Gasteiger partial charge in [0.25, 0.3) is 0 Å². The molecule has 0 aromatic heterocycles. The Morgan fingerprint density at radius 3 is 2.17 bits per heavy atom. The van der Waals surface area contributed by atoms with Crippen LogP contribution in [0.15, 0.2) is 72.8 Å². The molecule has 0 bridgehead atoms. The standard InChI is InChI=1S/C32H41N3O5S/c1-23-16-17-28(24(2)18-23)35(41(7,38)39)22-30(36)34(21-26-14-11-15-27(19-26)40-6)29(31(37)33-32(3,4)5)20-25-12-9-8-10-13-25/h8-19,29H,20-22H2,1-7H3,(H,33,37)/t29-/m1/s1. The fourth-order valence-corrected chi connectivity index (χ4v) is 5.56. The van der Waals surface area contributed by atoms with Gasteiger partial charge in [0.05, 0.1) is 19.1 Å². The summed E-state index contributed by atoms with van der Waals surface area (Å²) in [5.74, 6) is -0.208. The first kappa shape index (κ1) is 31.7. The van der Waals surface area contributed by atoms with E-state index in [2.05, 4.69) is 5.32 Å². The number of nitrogens with one attached hydrogen (secondary N) is 1. The molecule has 0 aliphatic heterocycles. The van der Waals surface area contributed by atoms with Crippen LogP contribution >= 0.6 is 0 Å². The molecule has 3 aromatic rings. The molecule has 0 saturated heterocycles. The van der Waals surface area contributed by atoms with Gasteiger partial charge in [-0.1, -0.05) is 60.2 Å². The number of nitrogens with zero attached hydrogens (tertiary/aromatic N) is 2. The van der Waals surface area contributed by atoms with Gasteiger partial charge in [0.1, 0.15) is 18.3 Å². The molecule has 9 heteroatoms. The zero-order valence-electron chi connectivity index (χ0n) is 25.0. The lowest BCUT2D eigenvalue weighted by Crippen LogP contribution is -2.56. The van der Waals surface area contributed by atoms with Crippen molar-refractivity contribution < 1.29 is 22.7 Å². The van der Waals surface area contributed by atoms with Crippen LogP contribution in [0.5, 0.6) is 5.75 Å². The van der Waals surface area contributed by atoms with Gasteiger partial charge in [-0.15, -0.1) is 0 Å². The van der Waals surface area contributed by atoms with Crippen molar-refractivity contribution in [1.82, 2.24) is 10.2 Å². The fourth-order valence-electron chi connectivity index (χ4n) is 4.65. The highest BCUT2D eigenvalue weighted by molar-refractivity contribution is 7.92. The number of anilines is 1. The van der Waals surface area contributed by atoms with E-state index in [-0.39, 0.29) is 18.9 Å². The molecule has 0 aliphatic rings. The summed E-state index contributed by atoms with van der Waals surface area (Å²) in [5, 5.41) is 3.02. The first-order chi connectivity index (χ1) is 19.2. The largest absolute Gasteiger partial charge is 0.497 e. The summed E-state index contributed by atoms with van der Waals surface area (Å²) in [6.07, 6.45) is 1.33. The Labute approximate surface area is 244 Å². The number of sulfonamides is 1. The SMILES string of the molecule is COc1cccc(CN(C(=O)CN(c2ccc(C)cc2C)S(C)(=O)=O)[C@H](Cc2ccccc2)C(=O)NC(C)(C)C)c1. The number of rotatable bonds is 11. The molecule has 1 N–H and O–H groups in total. The fraction of sp³-hybridized carbons (Fsp3) is 0.375. The minimum absolute atomic E-state index is 0.0789. The van der Waals surface area contributed by atoms with Crippen molar-refractivity contribution in [2.45, 2.75) is 59.2 Å². The lowest BCUT2D eigenvalue weighted by molar-refractivity contribution is -0.140. The van der Waals surface area contributed by atoms with Crippen molar-refractivity contribution in [3.63, 3.8) is 0 Å². The Hall–Kier alpha value is -3.85. The molecule has 0 aliphatic carbocycles. The Kier molecular flexibility index (Phi) is 10.2. The third-order valence-electron chi connectivity index (χ3n) is 6.56. The average molecular weight is 580 g/mol. The van der Waals surface area contributed by atoms with Crippen molar-refractivity contribution in [2.75, 3.05) is 24.2 Å². The summed E-state index contributed by atoms with van der Waals surface area (Å²) in [6.45, 7) is 8.99. The molecule has 3 rings (SSSR count). The minimum atomic E-state index is -3.83. The van der Waals surface area contributed by atoms with Gasteiger partial charge >= 0.3 is 0 Å². The molecule has 3 aromatic carbocycles. The van der Waals surface area contributed by atoms with Crippen LogP contribution in [-0.4, -0.2) is 56.6 Å². The van der Waals surface area contributed by atoms with Crippen molar-refractivity contribution in [3.8, 4) is 5.75 Å². The topological polar surface area (TPSA) is 96.0 Å². The maximum Gasteiger partial charge on any atom is 0.244 e. The van der Waals surface area contributed by atoms with Gasteiger partial charge < -0.3 is 15.0 Å². The smallest absolute Gasteiger partial charge is 0.244 e. The Morgan fingerprint density at radius 1 is 0.927 bits per heavy atom. The maximum absolute atomic E-state index is 14.2. The van der Waals surface area contributed by atoms with Crippen molar-refractivity contribution in [3.05, 3.63) is 95.1 Å². The number of amides is 2. The predicted molar refractivity (Wildman–Crippen MR) is 163 cm³/mol. The van der Waals surface area contributed by atoms with E-state index in [4.69, 9.17) is 4.74 Å². The van der Waals surface area contributed by atoms with Crippen LogP contribution < -0.4 is 14.4 Å². The second-order valence-electron chi connectivity index (χ2n) is 11.4. The van der Waals surface area contributed by atoms with Crippen molar-refractivity contribution in [2.24, 2.45) is 0 Å². The number of carbonyl (C=O) groups excluding carboxylic acids is 2. The minimum Gasteiger partial charge on any atom is -0.497 e. The number of aryl methyl sites for hydroxylation is 2. The summed E-state index contributed by atoms with van der Waals surface area (Å²) in [5.41, 5.74) is 3.21. The van der Waals surface area contributed by atoms with Crippen LogP contribution in [-0.2, 0) is 32.6 Å². The molecule has 8 nitrogen and oxygen atoms in total.